The van der Waals surface area contributed by atoms with E-state index in [0.29, 0.717) is 0 Å². The molecule has 9 nitrogen and oxygen atoms in total. The van der Waals surface area contributed by atoms with Crippen LogP contribution in [0.25, 0.3) is 0 Å². The Morgan fingerprint density at radius 1 is 0.556 bits per heavy atom. The molecule has 0 aromatic rings. The van der Waals surface area contributed by atoms with Crippen LogP contribution in [0.15, 0.2) is 0 Å². The summed E-state index contributed by atoms with van der Waals surface area (Å²) in [5, 5.41) is 35.6. The van der Waals surface area contributed by atoms with Gasteiger partial charge in [-0.2, -0.15) is 0 Å². The van der Waals surface area contributed by atoms with E-state index in [1.165, 1.54) is 0 Å². The van der Waals surface area contributed by atoms with Gasteiger partial charge in [0.25, 0.3) is 0 Å². The molecular weight excluding hydrogens is 261 g/mol. The molecule has 0 rings (SSSR count). The topological polar surface area (TPSA) is 191 Å². The zero-order valence-electron chi connectivity index (χ0n) is 10.7. The van der Waals surface area contributed by atoms with Crippen LogP contribution in [0.2, 0.25) is 0 Å². The predicted octanol–water partition coefficient (Wildman–Crippen LogP) is -8.45. The van der Waals surface area contributed by atoms with Gasteiger partial charge in [-0.15, -0.1) is 0 Å². The number of hydrogen-bond acceptors (Lipinski definition) is 8. The number of rotatable bonds is 0. The molecule has 0 fully saturated rings. The van der Waals surface area contributed by atoms with Gasteiger partial charge in [-0.25, -0.2) is 0 Å². The summed E-state index contributed by atoms with van der Waals surface area (Å²) in [5.41, 5.74) is 0. The third kappa shape index (κ3) is 1360. The molecule has 0 saturated carbocycles. The quantitative estimate of drug-likeness (QED) is 0.388. The zero-order chi connectivity index (χ0) is 14.3. The van der Waals surface area contributed by atoms with Gasteiger partial charge < -0.3 is 39.6 Å². The number of carbonyl (C=O) groups is 4. The van der Waals surface area contributed by atoms with E-state index in [1.54, 1.807) is 0 Å². The minimum atomic E-state index is -1.08. The number of carboxylic acid groups (broad SMARTS) is 4. The van der Waals surface area contributed by atoms with Crippen LogP contribution in [0.1, 0.15) is 27.7 Å². The summed E-state index contributed by atoms with van der Waals surface area (Å²) in [6, 6.07) is 0. The van der Waals surface area contributed by atoms with Crippen LogP contribution in [-0.4, -0.2) is 23.9 Å². The molecule has 0 aromatic carbocycles. The second kappa shape index (κ2) is 29.6. The Morgan fingerprint density at radius 2 is 0.556 bits per heavy atom. The Hall–Kier alpha value is -1.41. The molecular formula is C8H12NNaO8. The molecule has 0 unspecified atom stereocenters. The van der Waals surface area contributed by atoms with Gasteiger partial charge in [0.2, 0.25) is 0 Å². The van der Waals surface area contributed by atoms with Gasteiger partial charge >= 0.3 is 35.7 Å². The monoisotopic (exact) mass is 273 g/mol. The first-order valence-corrected chi connectivity index (χ1v) is 3.63. The predicted molar refractivity (Wildman–Crippen MR) is 44.9 cm³/mol. The van der Waals surface area contributed by atoms with Crippen molar-refractivity contribution in [2.24, 2.45) is 0 Å². The van der Waals surface area contributed by atoms with Crippen molar-refractivity contribution >= 4 is 23.9 Å². The van der Waals surface area contributed by atoms with E-state index in [-0.39, 0.29) is 35.7 Å². The normalized spacial score (nSPS) is 5.56. The smallest absolute Gasteiger partial charge is 0.550 e. The number of hydrogen-bond donors (Lipinski definition) is 0. The summed E-state index contributed by atoms with van der Waals surface area (Å²) in [7, 11) is 0. The summed E-state index contributed by atoms with van der Waals surface area (Å²) < 4.78 is 0. The van der Waals surface area contributed by atoms with Gasteiger partial charge in [0.15, 0.2) is 0 Å². The Balaban J connectivity index is -0.0000000257. The van der Waals surface area contributed by atoms with E-state index in [1.807, 2.05) is 0 Å². The molecule has 18 heavy (non-hydrogen) atoms. The molecule has 0 saturated heterocycles. The van der Waals surface area contributed by atoms with E-state index < -0.39 is 23.9 Å². The fourth-order valence-corrected chi connectivity index (χ4v) is 0. The molecule has 2 radical (unpaired) electrons. The number of carboxylic acids is 4. The van der Waals surface area contributed by atoms with Crippen molar-refractivity contribution in [2.45, 2.75) is 27.7 Å². The first kappa shape index (κ1) is 36.0. The van der Waals surface area contributed by atoms with Gasteiger partial charge in [0.05, 0.1) is 0 Å². The second-order valence-electron chi connectivity index (χ2n) is 1.97. The minimum absolute atomic E-state index is 0. The van der Waals surface area contributed by atoms with Crippen LogP contribution in [0.3, 0.4) is 0 Å². The SMILES string of the molecule is CC(=O)[O-].CC(=O)[O-].CC(=O)[O-].CC(=O)[O-].[N+3].[Na+]. The second-order valence-corrected chi connectivity index (χ2v) is 1.97. The van der Waals surface area contributed by atoms with Crippen molar-refractivity contribution < 1.29 is 69.2 Å². The average Bonchev–Trinajstić information content (AvgIpc) is 1.76. The number of aliphatic carboxylic acids is 4. The van der Waals surface area contributed by atoms with Crippen molar-refractivity contribution in [3.63, 3.8) is 0 Å². The van der Waals surface area contributed by atoms with Gasteiger partial charge in [-0.3, -0.25) is 0 Å². The van der Waals surface area contributed by atoms with Crippen molar-refractivity contribution in [1.82, 2.24) is 6.15 Å². The molecule has 0 heterocycles. The summed E-state index contributed by atoms with van der Waals surface area (Å²) in [6.07, 6.45) is 0. The van der Waals surface area contributed by atoms with Crippen molar-refractivity contribution in [1.29, 1.82) is 0 Å². The van der Waals surface area contributed by atoms with Crippen molar-refractivity contribution in [3.8, 4) is 0 Å². The maximum Gasteiger partial charge on any atom is 3.00 e. The Labute approximate surface area is 127 Å². The third-order valence-corrected chi connectivity index (χ3v) is 0. The van der Waals surface area contributed by atoms with Gasteiger partial charge in [0.1, 0.15) is 0 Å². The molecule has 0 amide bonds. The van der Waals surface area contributed by atoms with Crippen LogP contribution < -0.4 is 56.1 Å². The number of nitrogens with zero attached hydrogens (tertiary/aromatic N) is 1. The maximum atomic E-state index is 8.89. The molecule has 0 aliphatic heterocycles. The van der Waals surface area contributed by atoms with E-state index in [2.05, 4.69) is 0 Å². The van der Waals surface area contributed by atoms with Gasteiger partial charge in [0, 0.05) is 23.9 Å². The molecule has 0 aliphatic carbocycles. The first-order valence-electron chi connectivity index (χ1n) is 3.63. The van der Waals surface area contributed by atoms with Crippen LogP contribution in [0, 0.1) is 0 Å². The molecule has 0 spiro atoms. The molecule has 0 bridgehead atoms. The summed E-state index contributed by atoms with van der Waals surface area (Å²) in [6.45, 7) is 3.89. The molecule has 0 aliphatic rings. The molecule has 0 aromatic heterocycles. The van der Waals surface area contributed by atoms with E-state index in [9.17, 15) is 0 Å². The van der Waals surface area contributed by atoms with E-state index in [0.717, 1.165) is 27.7 Å². The summed E-state index contributed by atoms with van der Waals surface area (Å²) in [5.74, 6) is -4.33. The number of carbonyl (C=O) groups excluding carboxylic acids is 4. The minimum Gasteiger partial charge on any atom is -0.550 e. The molecule has 0 atom stereocenters. The van der Waals surface area contributed by atoms with E-state index >= 15 is 0 Å². The van der Waals surface area contributed by atoms with Gasteiger partial charge in [-0.1, -0.05) is 0 Å². The van der Waals surface area contributed by atoms with Crippen LogP contribution in [0.4, 0.5) is 0 Å². The molecule has 98 valence electrons. The van der Waals surface area contributed by atoms with Crippen LogP contribution in [-0.2, 0) is 19.2 Å². The largest absolute Gasteiger partial charge is 3.00 e. The third-order valence-electron chi connectivity index (χ3n) is 0. The molecule has 10 heteroatoms. The Morgan fingerprint density at radius 3 is 0.556 bits per heavy atom. The fraction of sp³-hybridized carbons (Fsp3) is 0.500. The zero-order valence-corrected chi connectivity index (χ0v) is 12.7. The maximum absolute atomic E-state index is 8.89. The standard InChI is InChI=1S/4C2H4O2.N.Na/c4*1-2(3)4;;/h4*1H3,(H,3,4);;/q;;;;+3;+1/p-4. The Bertz CT molecular complexity index is 167. The summed E-state index contributed by atoms with van der Waals surface area (Å²) in [4.78, 5) is 35.6. The van der Waals surface area contributed by atoms with Crippen LogP contribution in [0.5, 0.6) is 0 Å². The van der Waals surface area contributed by atoms with Gasteiger partial charge in [-0.05, 0) is 27.7 Å². The van der Waals surface area contributed by atoms with Crippen molar-refractivity contribution in [3.05, 3.63) is 0 Å². The fourth-order valence-electron chi connectivity index (χ4n) is 0. The van der Waals surface area contributed by atoms with Crippen molar-refractivity contribution in [2.75, 3.05) is 0 Å². The average molecular weight is 273 g/mol. The molecule has 0 N–H and O–H groups in total. The van der Waals surface area contributed by atoms with Crippen LogP contribution >= 0.6 is 0 Å². The Kier molecular flexibility index (Phi) is 59.1. The summed E-state index contributed by atoms with van der Waals surface area (Å²) >= 11 is 0. The van der Waals surface area contributed by atoms with E-state index in [4.69, 9.17) is 39.6 Å². The first-order chi connectivity index (χ1) is 6.93.